The van der Waals surface area contributed by atoms with Crippen LogP contribution in [0.5, 0.6) is 0 Å². The van der Waals surface area contributed by atoms with Gasteiger partial charge in [-0.05, 0) is 37.2 Å². The maximum absolute atomic E-state index is 12.0. The summed E-state index contributed by atoms with van der Waals surface area (Å²) >= 11 is 0. The van der Waals surface area contributed by atoms with Gasteiger partial charge in [0.15, 0.2) is 0 Å². The average Bonchev–Trinajstić information content (AvgIpc) is 2.72. The molecular formula is C13H18N2O. The minimum absolute atomic E-state index is 0.402. The van der Waals surface area contributed by atoms with Gasteiger partial charge in [0.05, 0.1) is 6.20 Å². The fraction of sp³-hybridized carbons (Fsp3) is 0.692. The van der Waals surface area contributed by atoms with Crippen molar-refractivity contribution < 1.29 is 4.79 Å². The van der Waals surface area contributed by atoms with Crippen LogP contribution in [0.15, 0.2) is 12.4 Å². The van der Waals surface area contributed by atoms with Gasteiger partial charge in [0.1, 0.15) is 5.78 Å². The molecule has 1 aromatic heterocycles. The van der Waals surface area contributed by atoms with Gasteiger partial charge in [-0.3, -0.25) is 9.48 Å². The van der Waals surface area contributed by atoms with E-state index >= 15 is 0 Å². The fourth-order valence-corrected chi connectivity index (χ4v) is 3.29. The first-order valence-electron chi connectivity index (χ1n) is 6.33. The Balaban J connectivity index is 1.60. The van der Waals surface area contributed by atoms with Crippen molar-refractivity contribution in [2.75, 3.05) is 0 Å². The van der Waals surface area contributed by atoms with Crippen molar-refractivity contribution in [3.05, 3.63) is 18.0 Å². The molecule has 0 bridgehead atoms. The second kappa shape index (κ2) is 3.72. The van der Waals surface area contributed by atoms with Gasteiger partial charge in [-0.25, -0.2) is 0 Å². The topological polar surface area (TPSA) is 34.9 Å². The van der Waals surface area contributed by atoms with E-state index in [4.69, 9.17) is 0 Å². The van der Waals surface area contributed by atoms with Crippen LogP contribution in [0.3, 0.4) is 0 Å². The summed E-state index contributed by atoms with van der Waals surface area (Å²) in [5, 5.41) is 4.20. The van der Waals surface area contributed by atoms with E-state index in [0.29, 0.717) is 18.1 Å². The van der Waals surface area contributed by atoms with Gasteiger partial charge in [0.25, 0.3) is 0 Å². The van der Waals surface area contributed by atoms with E-state index in [1.165, 1.54) is 19.3 Å². The molecular weight excluding hydrogens is 200 g/mol. The van der Waals surface area contributed by atoms with Crippen LogP contribution < -0.4 is 0 Å². The average molecular weight is 218 g/mol. The molecule has 0 aliphatic heterocycles. The van der Waals surface area contributed by atoms with E-state index in [9.17, 15) is 4.79 Å². The fourth-order valence-electron chi connectivity index (χ4n) is 3.29. The molecule has 0 saturated heterocycles. The Bertz CT molecular complexity index is 400. The summed E-state index contributed by atoms with van der Waals surface area (Å²) in [5.74, 6) is 2.34. The highest BCUT2D eigenvalue weighted by Gasteiger charge is 2.55. The molecule has 3 nitrogen and oxygen atoms in total. The van der Waals surface area contributed by atoms with Crippen LogP contribution in [0.25, 0.3) is 0 Å². The first kappa shape index (κ1) is 10.1. The van der Waals surface area contributed by atoms with Crippen molar-refractivity contribution in [1.82, 2.24) is 9.78 Å². The highest BCUT2D eigenvalue weighted by molar-refractivity contribution is 5.86. The SMILES string of the molecule is CCn1cc(CC(=O)C2C3CCCC32)cn1. The first-order chi connectivity index (χ1) is 7.79. The van der Waals surface area contributed by atoms with E-state index in [2.05, 4.69) is 12.0 Å². The number of aromatic nitrogens is 2. The highest BCUT2D eigenvalue weighted by atomic mass is 16.1. The first-order valence-corrected chi connectivity index (χ1v) is 6.33. The number of aryl methyl sites for hydroxylation is 1. The summed E-state index contributed by atoms with van der Waals surface area (Å²) in [6, 6.07) is 0. The number of fused-ring (bicyclic) bond motifs is 1. The molecule has 0 amide bonds. The summed E-state index contributed by atoms with van der Waals surface area (Å²) < 4.78 is 1.89. The smallest absolute Gasteiger partial charge is 0.141 e. The quantitative estimate of drug-likeness (QED) is 0.775. The standard InChI is InChI=1S/C13H18N2O/c1-2-15-8-9(7-14-15)6-12(16)13-10-4-3-5-11(10)13/h7-8,10-11,13H,2-6H2,1H3. The van der Waals surface area contributed by atoms with Gasteiger partial charge in [0, 0.05) is 25.1 Å². The number of carbonyl (C=O) groups excluding carboxylic acids is 1. The zero-order valence-corrected chi connectivity index (χ0v) is 9.72. The van der Waals surface area contributed by atoms with Gasteiger partial charge in [-0.2, -0.15) is 5.10 Å². The van der Waals surface area contributed by atoms with E-state index in [-0.39, 0.29) is 0 Å². The molecule has 16 heavy (non-hydrogen) atoms. The molecule has 3 rings (SSSR count). The van der Waals surface area contributed by atoms with Crippen molar-refractivity contribution in [3.63, 3.8) is 0 Å². The summed E-state index contributed by atoms with van der Waals surface area (Å²) in [7, 11) is 0. The Hall–Kier alpha value is -1.12. The summed E-state index contributed by atoms with van der Waals surface area (Å²) in [6.45, 7) is 2.94. The van der Waals surface area contributed by atoms with Gasteiger partial charge in [0.2, 0.25) is 0 Å². The third kappa shape index (κ3) is 1.58. The van der Waals surface area contributed by atoms with Crippen molar-refractivity contribution in [1.29, 1.82) is 0 Å². The van der Waals surface area contributed by atoms with Crippen LogP contribution in [0.2, 0.25) is 0 Å². The second-order valence-corrected chi connectivity index (χ2v) is 5.13. The van der Waals surface area contributed by atoms with Crippen molar-refractivity contribution in [2.45, 2.75) is 39.2 Å². The zero-order valence-electron chi connectivity index (χ0n) is 9.72. The van der Waals surface area contributed by atoms with Crippen molar-refractivity contribution in [3.8, 4) is 0 Å². The molecule has 1 heterocycles. The number of hydrogen-bond donors (Lipinski definition) is 0. The Kier molecular flexibility index (Phi) is 2.34. The van der Waals surface area contributed by atoms with Crippen LogP contribution in [0.1, 0.15) is 31.7 Å². The lowest BCUT2D eigenvalue weighted by Crippen LogP contribution is -2.08. The molecule has 2 aliphatic rings. The van der Waals surface area contributed by atoms with Crippen LogP contribution >= 0.6 is 0 Å². The van der Waals surface area contributed by atoms with Gasteiger partial charge < -0.3 is 0 Å². The Morgan fingerprint density at radius 3 is 2.88 bits per heavy atom. The number of Topliss-reactive ketones (excluding diaryl/α,β-unsaturated/α-hetero) is 1. The largest absolute Gasteiger partial charge is 0.299 e. The maximum Gasteiger partial charge on any atom is 0.141 e. The summed E-state index contributed by atoms with van der Waals surface area (Å²) in [4.78, 5) is 12.0. The highest BCUT2D eigenvalue weighted by Crippen LogP contribution is 2.58. The molecule has 2 unspecified atom stereocenters. The minimum atomic E-state index is 0.402. The van der Waals surface area contributed by atoms with Gasteiger partial charge in [-0.15, -0.1) is 0 Å². The normalized spacial score (nSPS) is 31.4. The van der Waals surface area contributed by atoms with Crippen LogP contribution in [0.4, 0.5) is 0 Å². The molecule has 86 valence electrons. The molecule has 2 atom stereocenters. The number of carbonyl (C=O) groups is 1. The van der Waals surface area contributed by atoms with Crippen molar-refractivity contribution >= 4 is 5.78 Å². The molecule has 2 saturated carbocycles. The Morgan fingerprint density at radius 2 is 2.25 bits per heavy atom. The Labute approximate surface area is 95.8 Å². The molecule has 2 fully saturated rings. The Morgan fingerprint density at radius 1 is 1.50 bits per heavy atom. The lowest BCUT2D eigenvalue weighted by molar-refractivity contribution is -0.120. The summed E-state index contributed by atoms with van der Waals surface area (Å²) in [5.41, 5.74) is 1.08. The molecule has 1 aromatic rings. The van der Waals surface area contributed by atoms with Crippen molar-refractivity contribution in [2.24, 2.45) is 17.8 Å². The molecule has 0 radical (unpaired) electrons. The molecule has 0 spiro atoms. The van der Waals surface area contributed by atoms with Crippen LogP contribution in [-0.4, -0.2) is 15.6 Å². The predicted octanol–water partition coefficient (Wildman–Crippen LogP) is 2.06. The monoisotopic (exact) mass is 218 g/mol. The lowest BCUT2D eigenvalue weighted by atomic mass is 10.0. The zero-order chi connectivity index (χ0) is 11.1. The lowest BCUT2D eigenvalue weighted by Gasteiger charge is -2.00. The third-order valence-corrected chi connectivity index (χ3v) is 4.17. The number of nitrogens with zero attached hydrogens (tertiary/aromatic N) is 2. The molecule has 0 N–H and O–H groups in total. The van der Waals surface area contributed by atoms with Crippen LogP contribution in [-0.2, 0) is 17.8 Å². The molecule has 2 aliphatic carbocycles. The number of hydrogen-bond acceptors (Lipinski definition) is 2. The maximum atomic E-state index is 12.0. The van der Waals surface area contributed by atoms with E-state index < -0.39 is 0 Å². The van der Waals surface area contributed by atoms with E-state index in [1.54, 1.807) is 0 Å². The minimum Gasteiger partial charge on any atom is -0.299 e. The number of ketones is 1. The number of rotatable bonds is 4. The third-order valence-electron chi connectivity index (χ3n) is 4.17. The predicted molar refractivity (Wildman–Crippen MR) is 60.9 cm³/mol. The molecule has 3 heteroatoms. The van der Waals surface area contributed by atoms with Gasteiger partial charge >= 0.3 is 0 Å². The summed E-state index contributed by atoms with van der Waals surface area (Å²) in [6.07, 6.45) is 8.34. The van der Waals surface area contributed by atoms with Crippen LogP contribution in [0, 0.1) is 17.8 Å². The van der Waals surface area contributed by atoms with Gasteiger partial charge in [-0.1, -0.05) is 6.42 Å². The van der Waals surface area contributed by atoms with E-state index in [1.807, 2.05) is 17.1 Å². The van der Waals surface area contributed by atoms with E-state index in [0.717, 1.165) is 23.9 Å². The molecule has 0 aromatic carbocycles. The second-order valence-electron chi connectivity index (χ2n) is 5.13.